The maximum atomic E-state index is 9.24. The molecule has 0 spiro atoms. The molecule has 14 heteroatoms. The van der Waals surface area contributed by atoms with E-state index < -0.39 is 21.6 Å². The number of carbonyl (C=O) groups is 1. The number of phosphoric acid groups is 2. The van der Waals surface area contributed by atoms with Gasteiger partial charge in [-0.15, -0.1) is 0 Å². The Kier molecular flexibility index (Phi) is 19.3. The van der Waals surface area contributed by atoms with Crippen LogP contribution < -0.4 is 40.2 Å². The summed E-state index contributed by atoms with van der Waals surface area (Å²) in [6.45, 7) is -0.278. The minimum Gasteiger partial charge on any atom is -0.756 e. The average Bonchev–Trinajstić information content (AvgIpc) is 1.79. The zero-order valence-electron chi connectivity index (χ0n) is 8.00. The second kappa shape index (κ2) is 12.1. The van der Waals surface area contributed by atoms with E-state index in [9.17, 15) is 4.79 Å². The van der Waals surface area contributed by atoms with Gasteiger partial charge in [-0.05, 0) is 0 Å². The van der Waals surface area contributed by atoms with E-state index in [4.69, 9.17) is 43.6 Å². The van der Waals surface area contributed by atoms with Crippen LogP contribution in [0.25, 0.3) is 0 Å². The normalized spacial score (nSPS) is 9.69. The number of hydrogen-bond donors (Lipinski definition) is 7. The second-order valence-corrected chi connectivity index (χ2v) is 3.61. The quantitative estimate of drug-likeness (QED) is 0.178. The molecule has 11 nitrogen and oxygen atoms in total. The Morgan fingerprint density at radius 3 is 1.19 bits per heavy atom. The topological polar surface area (TPSA) is 222 Å². The molecule has 0 amide bonds. The van der Waals surface area contributed by atoms with Gasteiger partial charge in [0.15, 0.2) is 0 Å². The Morgan fingerprint density at radius 1 is 1.12 bits per heavy atom. The second-order valence-electron chi connectivity index (χ2n) is 1.60. The summed E-state index contributed by atoms with van der Waals surface area (Å²) in [5.41, 5.74) is 4.57. The molecule has 0 bridgehead atoms. The van der Waals surface area contributed by atoms with Gasteiger partial charge in [-0.2, -0.15) is 0 Å². The van der Waals surface area contributed by atoms with Crippen LogP contribution in [-0.2, 0) is 13.9 Å². The fourth-order valence-corrected chi connectivity index (χ4v) is 0. The van der Waals surface area contributed by atoms with Crippen LogP contribution in [0.1, 0.15) is 0 Å². The molecule has 0 saturated heterocycles. The van der Waals surface area contributed by atoms with Gasteiger partial charge in [-0.1, -0.05) is 0 Å². The zero-order valence-corrected chi connectivity index (χ0v) is 11.8. The van der Waals surface area contributed by atoms with Gasteiger partial charge in [0, 0.05) is 0 Å². The van der Waals surface area contributed by atoms with E-state index in [-0.39, 0.29) is 36.1 Å². The largest absolute Gasteiger partial charge is 1.00 e. The first-order valence-electron chi connectivity index (χ1n) is 2.74. The molecule has 0 aromatic carbocycles. The van der Waals surface area contributed by atoms with Gasteiger partial charge in [-0.25, -0.2) is 4.57 Å². The van der Waals surface area contributed by atoms with E-state index in [2.05, 4.69) is 5.73 Å². The number of hydrogen-bond acceptors (Lipinski definition) is 5. The van der Waals surface area contributed by atoms with Crippen molar-refractivity contribution in [2.24, 2.45) is 5.73 Å². The average molecular weight is 293 g/mol. The van der Waals surface area contributed by atoms with Gasteiger partial charge in [0.1, 0.15) is 0 Å². The van der Waals surface area contributed by atoms with Crippen LogP contribution in [0, 0.1) is 0 Å². The van der Waals surface area contributed by atoms with Crippen molar-refractivity contribution in [3.05, 3.63) is 0 Å². The predicted octanol–water partition coefficient (Wildman–Crippen LogP) is -6.46. The third-order valence-electron chi connectivity index (χ3n) is 0.175. The van der Waals surface area contributed by atoms with Crippen LogP contribution in [0.5, 0.6) is 0 Å². The molecule has 0 saturated carbocycles. The molecule has 0 rings (SSSR count). The molecule has 16 heavy (non-hydrogen) atoms. The van der Waals surface area contributed by atoms with E-state index >= 15 is 0 Å². The van der Waals surface area contributed by atoms with Crippen LogP contribution in [0.2, 0.25) is 0 Å². The molecular formula is C2H10NNaO10P2. The Bertz CT molecular complexity index is 219. The fraction of sp³-hybridized carbons (Fsp3) is 0.500. The third-order valence-corrected chi connectivity index (χ3v) is 0.175. The standard InChI is InChI=1S/C2H5NO2.Na.2H3O4P/c3-1-2(4)5;;2*1-5(2,3)4/h1,3H2,(H,4,5);;2*(H3,1,2,3,4)/q;+1;;/p-1. The number of aliphatic carboxylic acids is 1. The molecule has 0 unspecified atom stereocenters. The van der Waals surface area contributed by atoms with Crippen molar-refractivity contribution in [1.82, 2.24) is 0 Å². The summed E-state index contributed by atoms with van der Waals surface area (Å²) in [4.78, 5) is 53.7. The molecule has 0 fully saturated rings. The van der Waals surface area contributed by atoms with Crippen LogP contribution in [0.15, 0.2) is 0 Å². The molecule has 0 radical (unpaired) electrons. The first-order chi connectivity index (χ1) is 6.27. The van der Waals surface area contributed by atoms with Crippen LogP contribution in [0.3, 0.4) is 0 Å². The maximum Gasteiger partial charge on any atom is 1.00 e. The number of nitrogens with two attached hydrogens (primary N) is 1. The molecule has 8 N–H and O–H groups in total. The van der Waals surface area contributed by atoms with E-state index in [0.29, 0.717) is 0 Å². The molecule has 94 valence electrons. The van der Waals surface area contributed by atoms with Crippen LogP contribution >= 0.6 is 15.6 Å². The van der Waals surface area contributed by atoms with E-state index in [1.807, 2.05) is 0 Å². The van der Waals surface area contributed by atoms with Gasteiger partial charge in [0.25, 0.3) is 7.82 Å². The summed E-state index contributed by atoms with van der Waals surface area (Å²) in [5, 5.41) is 7.60. The fourth-order valence-electron chi connectivity index (χ4n) is 0. The van der Waals surface area contributed by atoms with E-state index in [0.717, 1.165) is 0 Å². The number of carboxylic acid groups (broad SMARTS) is 1. The molecular weight excluding hydrogens is 283 g/mol. The molecule has 0 aliphatic heterocycles. The zero-order chi connectivity index (χ0) is 13.3. The van der Waals surface area contributed by atoms with Crippen molar-refractivity contribution in [3.63, 3.8) is 0 Å². The molecule has 0 atom stereocenters. The Labute approximate surface area is 112 Å². The Balaban J connectivity index is -0.0000000655. The summed E-state index contributed by atoms with van der Waals surface area (Å²) < 4.78 is 17.7. The molecule has 0 aliphatic rings. The van der Waals surface area contributed by atoms with E-state index in [1.54, 1.807) is 0 Å². The summed E-state index contributed by atoms with van der Waals surface area (Å²) in [7, 11) is -9.53. The smallest absolute Gasteiger partial charge is 0.756 e. The first kappa shape index (κ1) is 25.5. The summed E-state index contributed by atoms with van der Waals surface area (Å²) in [6, 6.07) is 0. The van der Waals surface area contributed by atoms with Gasteiger partial charge in [0.2, 0.25) is 0 Å². The number of carboxylic acids is 1. The van der Waals surface area contributed by atoms with Gasteiger partial charge >= 0.3 is 43.3 Å². The van der Waals surface area contributed by atoms with Crippen molar-refractivity contribution in [1.29, 1.82) is 0 Å². The van der Waals surface area contributed by atoms with Gasteiger partial charge in [-0.3, -0.25) is 9.36 Å². The third kappa shape index (κ3) is 389. The van der Waals surface area contributed by atoms with Crippen molar-refractivity contribution in [2.75, 3.05) is 6.54 Å². The van der Waals surface area contributed by atoms with Crippen molar-refractivity contribution < 1.29 is 77.9 Å². The summed E-state index contributed by atoms with van der Waals surface area (Å²) >= 11 is 0. The van der Waals surface area contributed by atoms with Gasteiger partial charge in [0.05, 0.1) is 6.54 Å². The van der Waals surface area contributed by atoms with Crippen LogP contribution in [-0.4, -0.2) is 42.1 Å². The number of rotatable bonds is 1. The molecule has 0 heterocycles. The van der Waals surface area contributed by atoms with Crippen molar-refractivity contribution in [2.45, 2.75) is 0 Å². The van der Waals surface area contributed by atoms with Crippen molar-refractivity contribution in [3.8, 4) is 0 Å². The molecule has 0 aliphatic carbocycles. The summed E-state index contributed by atoms with van der Waals surface area (Å²) in [6.07, 6.45) is 0. The SMILES string of the molecule is NCC(=O)O.O=P(O)(O)O.O=P([O-])(O)O.[Na+]. The molecule has 0 aromatic rings. The van der Waals surface area contributed by atoms with Crippen molar-refractivity contribution >= 4 is 21.6 Å². The Hall–Kier alpha value is 0.650. The minimum atomic E-state index is -4.89. The van der Waals surface area contributed by atoms with E-state index in [1.165, 1.54) is 0 Å². The predicted molar refractivity (Wildman–Crippen MR) is 43.0 cm³/mol. The van der Waals surface area contributed by atoms with Gasteiger partial charge < -0.3 is 40.2 Å². The van der Waals surface area contributed by atoms with Crippen LogP contribution in [0.4, 0.5) is 0 Å². The monoisotopic (exact) mass is 293 g/mol. The molecule has 0 aromatic heterocycles. The maximum absolute atomic E-state index is 9.24. The Morgan fingerprint density at radius 2 is 1.19 bits per heavy atom. The summed E-state index contributed by atoms with van der Waals surface area (Å²) in [5.74, 6) is -0.968. The first-order valence-corrected chi connectivity index (χ1v) is 5.83. The minimum absolute atomic E-state index is 0.